The van der Waals surface area contributed by atoms with Crippen molar-refractivity contribution >= 4 is 23.2 Å². The lowest BCUT2D eigenvalue weighted by atomic mass is 10.2. The van der Waals surface area contributed by atoms with Crippen LogP contribution in [-0.4, -0.2) is 22.8 Å². The third kappa shape index (κ3) is 1.65. The van der Waals surface area contributed by atoms with Gasteiger partial charge in [0.15, 0.2) is 5.15 Å². The van der Waals surface area contributed by atoms with Crippen molar-refractivity contribution in [2.45, 2.75) is 12.5 Å². The molecule has 1 atom stereocenters. The highest BCUT2D eigenvalue weighted by Crippen LogP contribution is 2.19. The molecule has 0 amide bonds. The fourth-order valence-electron chi connectivity index (χ4n) is 1.43. The highest BCUT2D eigenvalue weighted by Gasteiger charge is 2.20. The minimum Gasteiger partial charge on any atom is -0.379 e. The highest BCUT2D eigenvalue weighted by molar-refractivity contribution is 6.40. The van der Waals surface area contributed by atoms with Crippen molar-refractivity contribution in [1.29, 1.82) is 0 Å². The molecule has 0 radical (unpaired) electrons. The van der Waals surface area contributed by atoms with Crippen LogP contribution in [0.5, 0.6) is 0 Å². The van der Waals surface area contributed by atoms with Crippen molar-refractivity contribution in [2.75, 3.05) is 13.2 Å². The topological polar surface area (TPSA) is 44.1 Å². The molecule has 4 nitrogen and oxygen atoms in total. The third-order valence-electron chi connectivity index (χ3n) is 2.20. The Hall–Kier alpha value is -0.580. The van der Waals surface area contributed by atoms with Crippen LogP contribution in [-0.2, 0) is 4.74 Å². The van der Waals surface area contributed by atoms with Crippen molar-refractivity contribution in [2.24, 2.45) is 0 Å². The lowest BCUT2D eigenvalue weighted by Gasteiger charge is -2.11. The zero-order chi connectivity index (χ0) is 10.1. The first-order valence-electron chi connectivity index (χ1n) is 4.20. The van der Waals surface area contributed by atoms with E-state index in [2.05, 4.69) is 4.98 Å². The Kier molecular flexibility index (Phi) is 2.76. The minimum absolute atomic E-state index is 0.0268. The van der Waals surface area contributed by atoms with Crippen LogP contribution >= 0.6 is 23.2 Å². The summed E-state index contributed by atoms with van der Waals surface area (Å²) in [6, 6.07) is 0.0322. The summed E-state index contributed by atoms with van der Waals surface area (Å²) < 4.78 is 6.65. The van der Waals surface area contributed by atoms with Gasteiger partial charge in [-0.05, 0) is 6.42 Å². The summed E-state index contributed by atoms with van der Waals surface area (Å²) in [7, 11) is 0. The number of halogens is 2. The van der Waals surface area contributed by atoms with E-state index >= 15 is 0 Å². The van der Waals surface area contributed by atoms with E-state index < -0.39 is 0 Å². The zero-order valence-electron chi connectivity index (χ0n) is 7.24. The Morgan fingerprint density at radius 2 is 2.36 bits per heavy atom. The Balaban J connectivity index is 2.44. The maximum Gasteiger partial charge on any atom is 0.274 e. The average molecular weight is 235 g/mol. The van der Waals surface area contributed by atoms with Crippen molar-refractivity contribution < 1.29 is 4.74 Å². The molecular weight excluding hydrogens is 227 g/mol. The Labute approximate surface area is 90.4 Å². The second-order valence-electron chi connectivity index (χ2n) is 3.08. The van der Waals surface area contributed by atoms with Gasteiger partial charge in [0, 0.05) is 6.61 Å². The first kappa shape index (κ1) is 9.96. The lowest BCUT2D eigenvalue weighted by Crippen LogP contribution is -2.25. The van der Waals surface area contributed by atoms with Crippen LogP contribution < -0.4 is 5.56 Å². The van der Waals surface area contributed by atoms with Crippen LogP contribution in [0.1, 0.15) is 12.5 Å². The van der Waals surface area contributed by atoms with Crippen molar-refractivity contribution in [1.82, 2.24) is 9.55 Å². The Morgan fingerprint density at radius 1 is 1.57 bits per heavy atom. The van der Waals surface area contributed by atoms with Crippen LogP contribution in [0.4, 0.5) is 0 Å². The summed E-state index contributed by atoms with van der Waals surface area (Å²) >= 11 is 11.3. The van der Waals surface area contributed by atoms with Gasteiger partial charge >= 0.3 is 0 Å². The fraction of sp³-hybridized carbons (Fsp3) is 0.500. The summed E-state index contributed by atoms with van der Waals surface area (Å²) in [4.78, 5) is 15.5. The van der Waals surface area contributed by atoms with Crippen LogP contribution in [0.2, 0.25) is 10.2 Å². The van der Waals surface area contributed by atoms with Crippen LogP contribution in [0.3, 0.4) is 0 Å². The minimum atomic E-state index is -0.304. The Morgan fingerprint density at radius 3 is 3.00 bits per heavy atom. The van der Waals surface area contributed by atoms with Gasteiger partial charge in [0.25, 0.3) is 5.56 Å². The highest BCUT2D eigenvalue weighted by atomic mass is 35.5. The van der Waals surface area contributed by atoms with Gasteiger partial charge in [-0.2, -0.15) is 0 Å². The molecule has 1 aromatic rings. The first-order chi connectivity index (χ1) is 6.70. The smallest absolute Gasteiger partial charge is 0.274 e. The number of nitrogens with zero attached hydrogens (tertiary/aromatic N) is 2. The lowest BCUT2D eigenvalue weighted by molar-refractivity contribution is 0.186. The van der Waals surface area contributed by atoms with E-state index in [1.165, 1.54) is 10.9 Å². The van der Waals surface area contributed by atoms with Gasteiger partial charge in [0.1, 0.15) is 5.02 Å². The molecule has 1 unspecified atom stereocenters. The van der Waals surface area contributed by atoms with E-state index in [9.17, 15) is 4.79 Å². The zero-order valence-corrected chi connectivity index (χ0v) is 8.75. The van der Waals surface area contributed by atoms with Gasteiger partial charge in [0.05, 0.1) is 19.0 Å². The SMILES string of the molecule is O=c1c(Cl)c(Cl)ncn1C1CCOC1. The van der Waals surface area contributed by atoms with E-state index in [1.54, 1.807) is 0 Å². The number of hydrogen-bond donors (Lipinski definition) is 0. The van der Waals surface area contributed by atoms with Gasteiger partial charge in [-0.25, -0.2) is 4.98 Å². The maximum absolute atomic E-state index is 11.6. The van der Waals surface area contributed by atoms with Crippen molar-refractivity contribution in [3.63, 3.8) is 0 Å². The fourth-order valence-corrected chi connectivity index (χ4v) is 1.70. The predicted molar refractivity (Wildman–Crippen MR) is 53.0 cm³/mol. The molecule has 1 aliphatic heterocycles. The van der Waals surface area contributed by atoms with Gasteiger partial charge in [-0.15, -0.1) is 0 Å². The number of aromatic nitrogens is 2. The number of ether oxygens (including phenoxy) is 1. The van der Waals surface area contributed by atoms with Gasteiger partial charge in [-0.1, -0.05) is 23.2 Å². The van der Waals surface area contributed by atoms with Crippen LogP contribution in [0.15, 0.2) is 11.1 Å². The van der Waals surface area contributed by atoms with E-state index in [4.69, 9.17) is 27.9 Å². The quantitative estimate of drug-likeness (QED) is 0.693. The summed E-state index contributed by atoms with van der Waals surface area (Å²) in [5, 5.41) is 0.0212. The second kappa shape index (κ2) is 3.88. The molecule has 1 saturated heterocycles. The average Bonchev–Trinajstić information content (AvgIpc) is 2.67. The molecule has 0 aliphatic carbocycles. The molecule has 2 rings (SSSR count). The molecule has 0 aromatic carbocycles. The monoisotopic (exact) mass is 234 g/mol. The second-order valence-corrected chi connectivity index (χ2v) is 3.82. The molecule has 76 valence electrons. The van der Waals surface area contributed by atoms with Crippen molar-refractivity contribution in [3.05, 3.63) is 26.9 Å². The first-order valence-corrected chi connectivity index (χ1v) is 4.95. The van der Waals surface area contributed by atoms with Gasteiger partial charge in [-0.3, -0.25) is 9.36 Å². The van der Waals surface area contributed by atoms with E-state index in [1.807, 2.05) is 0 Å². The summed E-state index contributed by atoms with van der Waals surface area (Å²) in [6.45, 7) is 1.19. The summed E-state index contributed by atoms with van der Waals surface area (Å²) in [5.74, 6) is 0. The molecule has 6 heteroatoms. The third-order valence-corrected chi connectivity index (χ3v) is 2.92. The molecule has 1 aromatic heterocycles. The molecule has 0 saturated carbocycles. The number of hydrogen-bond acceptors (Lipinski definition) is 3. The molecule has 14 heavy (non-hydrogen) atoms. The normalized spacial score (nSPS) is 21.4. The molecular formula is C8H8Cl2N2O2. The molecule has 0 bridgehead atoms. The molecule has 1 fully saturated rings. The summed E-state index contributed by atoms with van der Waals surface area (Å²) in [6.07, 6.45) is 2.22. The molecule has 1 aliphatic rings. The van der Waals surface area contributed by atoms with Crippen LogP contribution in [0, 0.1) is 0 Å². The molecule has 2 heterocycles. The van der Waals surface area contributed by atoms with E-state index in [-0.39, 0.29) is 21.8 Å². The van der Waals surface area contributed by atoms with E-state index in [0.717, 1.165) is 6.42 Å². The molecule has 0 spiro atoms. The van der Waals surface area contributed by atoms with Crippen LogP contribution in [0.25, 0.3) is 0 Å². The molecule has 0 N–H and O–H groups in total. The summed E-state index contributed by atoms with van der Waals surface area (Å²) in [5.41, 5.74) is -0.304. The maximum atomic E-state index is 11.6. The van der Waals surface area contributed by atoms with E-state index in [0.29, 0.717) is 13.2 Å². The predicted octanol–water partition coefficient (Wildman–Crippen LogP) is 1.51. The number of rotatable bonds is 1. The Bertz CT molecular complexity index is 399. The van der Waals surface area contributed by atoms with Crippen molar-refractivity contribution in [3.8, 4) is 0 Å². The standard InChI is InChI=1S/C8H8Cl2N2O2/c9-6-7(10)11-4-12(8(6)13)5-1-2-14-3-5/h4-5H,1-3H2. The van der Waals surface area contributed by atoms with Gasteiger partial charge < -0.3 is 4.74 Å². The van der Waals surface area contributed by atoms with Gasteiger partial charge in [0.2, 0.25) is 0 Å². The largest absolute Gasteiger partial charge is 0.379 e.